The van der Waals surface area contributed by atoms with Crippen LogP contribution in [-0.4, -0.2) is 26.4 Å². The number of hydrogen-bond acceptors (Lipinski definition) is 9. The maximum atomic E-state index is 10.9. The van der Waals surface area contributed by atoms with Crippen LogP contribution in [0.4, 0.5) is 0 Å². The topological polar surface area (TPSA) is 131 Å². The second-order valence-electron chi connectivity index (χ2n) is 2.55. The molecule has 10 heteroatoms. The summed E-state index contributed by atoms with van der Waals surface area (Å²) in [7, 11) is -4.71. The fraction of sp³-hybridized carbons (Fsp3) is 0.600. The second kappa shape index (κ2) is 4.53. The van der Waals surface area contributed by atoms with Gasteiger partial charge in [0, 0.05) is 0 Å². The van der Waals surface area contributed by atoms with Crippen LogP contribution in [0.2, 0.25) is 0 Å². The Morgan fingerprint density at radius 2 is 1.80 bits per heavy atom. The quantitative estimate of drug-likeness (QED) is 0.493. The van der Waals surface area contributed by atoms with Crippen molar-refractivity contribution in [2.24, 2.45) is 5.73 Å². The second-order valence-corrected chi connectivity index (χ2v) is 3.64. The fourth-order valence-corrected chi connectivity index (χ4v) is 0.993. The summed E-state index contributed by atoms with van der Waals surface area (Å²) in [6.07, 6.45) is -0.365. The van der Waals surface area contributed by atoms with Crippen LogP contribution in [0, 0.1) is 0 Å². The molecule has 0 aromatic carbocycles. The molecule has 1 heterocycles. The highest BCUT2D eigenvalue weighted by molar-refractivity contribution is 7.81. The van der Waals surface area contributed by atoms with Gasteiger partial charge in [0.15, 0.2) is 0 Å². The molecular weight excluding hydrogens is 234 g/mol. The molecule has 0 radical (unpaired) electrons. The Hall–Kier alpha value is -1.23. The zero-order valence-electron chi connectivity index (χ0n) is 7.24. The van der Waals surface area contributed by atoms with Gasteiger partial charge >= 0.3 is 22.3 Å². The first kappa shape index (κ1) is 11.8. The summed E-state index contributed by atoms with van der Waals surface area (Å²) in [6, 6.07) is -1.18. The van der Waals surface area contributed by atoms with Gasteiger partial charge in [-0.2, -0.15) is 8.42 Å². The van der Waals surface area contributed by atoms with E-state index in [9.17, 15) is 18.0 Å². The predicted octanol–water partition coefficient (Wildman–Crippen LogP) is -1.70. The van der Waals surface area contributed by atoms with E-state index in [2.05, 4.69) is 18.4 Å². The lowest BCUT2D eigenvalue weighted by atomic mass is 10.2. The third-order valence-electron chi connectivity index (χ3n) is 1.37. The van der Waals surface area contributed by atoms with E-state index in [1.54, 1.807) is 0 Å². The molecule has 0 saturated carbocycles. The van der Waals surface area contributed by atoms with Gasteiger partial charge in [0.25, 0.3) is 0 Å². The highest BCUT2D eigenvalue weighted by Crippen LogP contribution is 2.07. The summed E-state index contributed by atoms with van der Waals surface area (Å²) >= 11 is 0. The van der Waals surface area contributed by atoms with Crippen molar-refractivity contribution in [3.8, 4) is 0 Å². The van der Waals surface area contributed by atoms with Gasteiger partial charge in [0.1, 0.15) is 6.04 Å². The molecule has 86 valence electrons. The average Bonchev–Trinajstić information content (AvgIpc) is 2.18. The summed E-state index contributed by atoms with van der Waals surface area (Å²) in [4.78, 5) is 29.3. The summed E-state index contributed by atoms with van der Waals surface area (Å²) in [5.41, 5.74) is 5.22. The number of nitrogens with two attached hydrogens (primary N) is 1. The minimum Gasteiger partial charge on any atom is -0.318 e. The van der Waals surface area contributed by atoms with Crippen molar-refractivity contribution in [3.63, 3.8) is 0 Å². The van der Waals surface area contributed by atoms with Gasteiger partial charge in [-0.05, 0) is 15.1 Å². The molecule has 0 aromatic heterocycles. The van der Waals surface area contributed by atoms with Crippen molar-refractivity contribution in [1.29, 1.82) is 0 Å². The number of carbonyl (C=O) groups is 2. The van der Waals surface area contributed by atoms with Gasteiger partial charge in [0.2, 0.25) is 0 Å². The van der Waals surface area contributed by atoms with E-state index in [4.69, 9.17) is 5.73 Å². The van der Waals surface area contributed by atoms with E-state index in [0.29, 0.717) is 0 Å². The van der Waals surface area contributed by atoms with Gasteiger partial charge in [-0.25, -0.2) is 9.59 Å². The number of hydrogen-bond donors (Lipinski definition) is 1. The number of rotatable bonds is 0. The van der Waals surface area contributed by atoms with Crippen LogP contribution < -0.4 is 5.73 Å². The Bertz CT molecular complexity index is 361. The van der Waals surface area contributed by atoms with Crippen LogP contribution in [0.5, 0.6) is 0 Å². The Balaban J connectivity index is 2.73. The normalized spacial score (nSPS) is 27.7. The number of carbonyl (C=O) groups excluding carboxylic acids is 2. The molecule has 1 atom stereocenters. The lowest BCUT2D eigenvalue weighted by Crippen LogP contribution is -2.34. The average molecular weight is 241 g/mol. The van der Waals surface area contributed by atoms with E-state index < -0.39 is 28.4 Å². The fourth-order valence-electron chi connectivity index (χ4n) is 0.661. The highest BCUT2D eigenvalue weighted by atomic mass is 32.3. The SMILES string of the molecule is N[C@H]1CCC(=O)OOS(=O)(=O)OOC1=O. The molecule has 1 aliphatic rings. The Labute approximate surface area is 84.2 Å². The van der Waals surface area contributed by atoms with E-state index >= 15 is 0 Å². The van der Waals surface area contributed by atoms with E-state index in [1.807, 2.05) is 0 Å². The summed E-state index contributed by atoms with van der Waals surface area (Å²) in [5.74, 6) is -2.12. The van der Waals surface area contributed by atoms with Gasteiger partial charge in [-0.1, -0.05) is 0 Å². The first-order valence-electron chi connectivity index (χ1n) is 3.70. The summed E-state index contributed by atoms with van der Waals surface area (Å²) in [5, 5.41) is 0. The van der Waals surface area contributed by atoms with Crippen molar-refractivity contribution in [2.45, 2.75) is 18.9 Å². The maximum Gasteiger partial charge on any atom is 0.471 e. The molecule has 15 heavy (non-hydrogen) atoms. The smallest absolute Gasteiger partial charge is 0.318 e. The molecule has 0 unspecified atom stereocenters. The van der Waals surface area contributed by atoms with E-state index in [-0.39, 0.29) is 12.8 Å². The maximum absolute atomic E-state index is 10.9. The van der Waals surface area contributed by atoms with Crippen LogP contribution in [0.3, 0.4) is 0 Å². The zero-order chi connectivity index (χ0) is 11.5. The van der Waals surface area contributed by atoms with Gasteiger partial charge in [-0.15, -0.1) is 0 Å². The molecule has 0 spiro atoms. The molecule has 1 rings (SSSR count). The Morgan fingerprint density at radius 1 is 1.20 bits per heavy atom. The molecule has 1 saturated heterocycles. The largest absolute Gasteiger partial charge is 0.471 e. The molecule has 1 aliphatic heterocycles. The first-order valence-corrected chi connectivity index (χ1v) is 5.03. The Kier molecular flexibility index (Phi) is 3.57. The third-order valence-corrected chi connectivity index (χ3v) is 1.84. The van der Waals surface area contributed by atoms with E-state index in [0.717, 1.165) is 0 Å². The molecular formula is C5H7NO8S. The van der Waals surface area contributed by atoms with Crippen LogP contribution in [0.1, 0.15) is 12.8 Å². The van der Waals surface area contributed by atoms with Gasteiger partial charge in [-0.3, -0.25) is 9.78 Å². The van der Waals surface area contributed by atoms with Crippen molar-refractivity contribution in [2.75, 3.05) is 0 Å². The first-order chi connectivity index (χ1) is 6.91. The van der Waals surface area contributed by atoms with Crippen molar-refractivity contribution in [1.82, 2.24) is 0 Å². The van der Waals surface area contributed by atoms with E-state index in [1.165, 1.54) is 0 Å². The predicted molar refractivity (Wildman–Crippen MR) is 40.5 cm³/mol. The Morgan fingerprint density at radius 3 is 2.47 bits per heavy atom. The minimum atomic E-state index is -4.71. The monoisotopic (exact) mass is 241 g/mol. The van der Waals surface area contributed by atoms with Gasteiger partial charge in [0.05, 0.1) is 6.42 Å². The van der Waals surface area contributed by atoms with Crippen LogP contribution in [-0.2, 0) is 38.4 Å². The summed E-state index contributed by atoms with van der Waals surface area (Å²) in [6.45, 7) is 0. The lowest BCUT2D eigenvalue weighted by Gasteiger charge is -2.11. The molecule has 0 amide bonds. The standard InChI is InChI=1S/C5H7NO8S/c6-3-1-2-4(7)11-13-15(9,10)14-12-5(3)8/h3H,1-2,6H2/t3-/m0/s1. The van der Waals surface area contributed by atoms with Crippen LogP contribution in [0.25, 0.3) is 0 Å². The molecule has 0 aromatic rings. The molecule has 0 aliphatic carbocycles. The molecule has 2 N–H and O–H groups in total. The highest BCUT2D eigenvalue weighted by Gasteiger charge is 2.27. The van der Waals surface area contributed by atoms with Crippen LogP contribution in [0.15, 0.2) is 0 Å². The molecule has 1 fully saturated rings. The van der Waals surface area contributed by atoms with Crippen LogP contribution >= 0.6 is 0 Å². The molecule has 9 nitrogen and oxygen atoms in total. The molecule has 0 bridgehead atoms. The zero-order valence-corrected chi connectivity index (χ0v) is 8.06. The van der Waals surface area contributed by atoms with Crippen molar-refractivity contribution >= 4 is 22.3 Å². The van der Waals surface area contributed by atoms with Crippen molar-refractivity contribution < 1.29 is 36.4 Å². The minimum absolute atomic E-state index is 0.0789. The third kappa shape index (κ3) is 3.79. The van der Waals surface area contributed by atoms with Crippen molar-refractivity contribution in [3.05, 3.63) is 0 Å². The van der Waals surface area contributed by atoms with Gasteiger partial charge < -0.3 is 5.73 Å². The lowest BCUT2D eigenvalue weighted by molar-refractivity contribution is -0.248. The summed E-state index contributed by atoms with van der Waals surface area (Å²) < 4.78 is 28.5.